The van der Waals surface area contributed by atoms with Crippen LogP contribution in [0, 0.1) is 0 Å². The highest BCUT2D eigenvalue weighted by atomic mass is 35.5. The smallest absolute Gasteiger partial charge is 0.342 e. The lowest BCUT2D eigenvalue weighted by molar-refractivity contribution is 0.0469. The normalized spacial score (nSPS) is 10.3. The fraction of sp³-hybridized carbons (Fsp3) is 0.231. The topological polar surface area (TPSA) is 53.4 Å². The van der Waals surface area contributed by atoms with Crippen LogP contribution in [0.4, 0.5) is 0 Å². The van der Waals surface area contributed by atoms with Crippen LogP contribution >= 0.6 is 11.6 Å². The molecule has 0 radical (unpaired) electrons. The van der Waals surface area contributed by atoms with Gasteiger partial charge in [-0.2, -0.15) is 5.10 Å². The third-order valence-corrected chi connectivity index (χ3v) is 2.74. The van der Waals surface area contributed by atoms with E-state index < -0.39 is 5.97 Å². The Labute approximate surface area is 115 Å². The summed E-state index contributed by atoms with van der Waals surface area (Å²) in [5, 5.41) is 4.45. The number of aromatic nitrogens is 2. The van der Waals surface area contributed by atoms with Crippen molar-refractivity contribution in [3.05, 3.63) is 46.7 Å². The van der Waals surface area contributed by atoms with Crippen molar-refractivity contribution in [1.29, 1.82) is 0 Å². The van der Waals surface area contributed by atoms with Crippen molar-refractivity contribution in [2.24, 2.45) is 7.05 Å². The summed E-state index contributed by atoms with van der Waals surface area (Å²) in [6.07, 6.45) is 3.42. The molecular formula is C13H13ClN2O3. The van der Waals surface area contributed by atoms with Gasteiger partial charge in [-0.15, -0.1) is 0 Å². The van der Waals surface area contributed by atoms with Crippen LogP contribution in [-0.2, 0) is 18.4 Å². The molecule has 100 valence electrons. The predicted octanol–water partition coefficient (Wildman–Crippen LogP) is 2.44. The van der Waals surface area contributed by atoms with Gasteiger partial charge in [0.25, 0.3) is 0 Å². The maximum atomic E-state index is 12.0. The molecule has 0 atom stereocenters. The highest BCUT2D eigenvalue weighted by Crippen LogP contribution is 2.23. The Hall–Kier alpha value is -2.01. The minimum Gasteiger partial charge on any atom is -0.496 e. The number of hydrogen-bond acceptors (Lipinski definition) is 4. The first-order valence-corrected chi connectivity index (χ1v) is 5.96. The Morgan fingerprint density at radius 3 is 2.89 bits per heavy atom. The summed E-state index contributed by atoms with van der Waals surface area (Å²) in [5.41, 5.74) is 1.12. The number of methoxy groups -OCH3 is 1. The van der Waals surface area contributed by atoms with Crippen LogP contribution in [0.2, 0.25) is 5.02 Å². The Bertz CT molecular complexity index is 595. The van der Waals surface area contributed by atoms with E-state index in [4.69, 9.17) is 21.1 Å². The van der Waals surface area contributed by atoms with Gasteiger partial charge in [0.05, 0.1) is 13.3 Å². The van der Waals surface area contributed by atoms with E-state index in [0.29, 0.717) is 16.3 Å². The molecule has 0 aliphatic heterocycles. The molecule has 2 aromatic rings. The zero-order chi connectivity index (χ0) is 13.8. The summed E-state index contributed by atoms with van der Waals surface area (Å²) in [6.45, 7) is 0.155. The summed E-state index contributed by atoms with van der Waals surface area (Å²) < 4.78 is 11.9. The Morgan fingerprint density at radius 1 is 1.47 bits per heavy atom. The summed E-state index contributed by atoms with van der Waals surface area (Å²) in [4.78, 5) is 12.0. The molecule has 0 N–H and O–H groups in total. The maximum absolute atomic E-state index is 12.0. The highest BCUT2D eigenvalue weighted by Gasteiger charge is 2.14. The van der Waals surface area contributed by atoms with Crippen LogP contribution in [0.5, 0.6) is 5.75 Å². The van der Waals surface area contributed by atoms with Crippen LogP contribution in [0.15, 0.2) is 30.6 Å². The summed E-state index contributed by atoms with van der Waals surface area (Å²) in [7, 11) is 3.28. The van der Waals surface area contributed by atoms with Crippen LogP contribution < -0.4 is 4.74 Å². The molecule has 5 nitrogen and oxygen atoms in total. The SMILES string of the molecule is COc1ccc(Cl)cc1C(=O)OCc1cnn(C)c1. The van der Waals surface area contributed by atoms with Crippen molar-refractivity contribution in [2.75, 3.05) is 7.11 Å². The third-order valence-electron chi connectivity index (χ3n) is 2.51. The Kier molecular flexibility index (Phi) is 4.06. The molecular weight excluding hydrogens is 268 g/mol. The molecule has 0 saturated carbocycles. The van der Waals surface area contributed by atoms with E-state index in [2.05, 4.69) is 5.10 Å². The minimum atomic E-state index is -0.483. The Morgan fingerprint density at radius 2 is 2.26 bits per heavy atom. The van der Waals surface area contributed by atoms with Gasteiger partial charge in [0.15, 0.2) is 0 Å². The second-order valence-electron chi connectivity index (χ2n) is 3.94. The standard InChI is InChI=1S/C13H13ClN2O3/c1-16-7-9(6-15-16)8-19-13(17)11-5-10(14)3-4-12(11)18-2/h3-7H,8H2,1-2H3. The van der Waals surface area contributed by atoms with Crippen molar-refractivity contribution >= 4 is 17.6 Å². The molecule has 1 aromatic heterocycles. The van der Waals surface area contributed by atoms with Gasteiger partial charge in [-0.3, -0.25) is 4.68 Å². The molecule has 0 saturated heterocycles. The molecule has 0 spiro atoms. The molecule has 0 unspecified atom stereocenters. The van der Waals surface area contributed by atoms with Gasteiger partial charge in [-0.25, -0.2) is 4.79 Å². The largest absolute Gasteiger partial charge is 0.496 e. The lowest BCUT2D eigenvalue weighted by Crippen LogP contribution is -2.07. The van der Waals surface area contributed by atoms with Gasteiger partial charge in [-0.05, 0) is 18.2 Å². The first-order chi connectivity index (χ1) is 9.10. The van der Waals surface area contributed by atoms with Gasteiger partial charge in [0.1, 0.15) is 17.9 Å². The van der Waals surface area contributed by atoms with Crippen LogP contribution in [0.1, 0.15) is 15.9 Å². The average molecular weight is 281 g/mol. The molecule has 0 aliphatic carbocycles. The number of nitrogens with zero attached hydrogens (tertiary/aromatic N) is 2. The van der Waals surface area contributed by atoms with E-state index in [1.165, 1.54) is 13.2 Å². The van der Waals surface area contributed by atoms with E-state index in [1.807, 2.05) is 0 Å². The lowest BCUT2D eigenvalue weighted by atomic mass is 10.2. The molecule has 0 fully saturated rings. The first kappa shape index (κ1) is 13.4. The van der Waals surface area contributed by atoms with Crippen molar-refractivity contribution in [3.63, 3.8) is 0 Å². The van der Waals surface area contributed by atoms with Crippen LogP contribution in [0.25, 0.3) is 0 Å². The molecule has 6 heteroatoms. The van der Waals surface area contributed by atoms with Crippen molar-refractivity contribution in [1.82, 2.24) is 9.78 Å². The van der Waals surface area contributed by atoms with Crippen molar-refractivity contribution in [3.8, 4) is 5.75 Å². The van der Waals surface area contributed by atoms with E-state index in [-0.39, 0.29) is 6.61 Å². The number of ether oxygens (including phenoxy) is 2. The van der Waals surface area contributed by atoms with Gasteiger partial charge in [0, 0.05) is 23.8 Å². The maximum Gasteiger partial charge on any atom is 0.342 e. The average Bonchev–Trinajstić information content (AvgIpc) is 2.81. The van der Waals surface area contributed by atoms with Gasteiger partial charge in [-0.1, -0.05) is 11.6 Å². The quantitative estimate of drug-likeness (QED) is 0.807. The summed E-state index contributed by atoms with van der Waals surface area (Å²) >= 11 is 5.86. The van der Waals surface area contributed by atoms with Crippen molar-refractivity contribution < 1.29 is 14.3 Å². The Balaban J connectivity index is 2.09. The van der Waals surface area contributed by atoms with Gasteiger partial charge in [0.2, 0.25) is 0 Å². The van der Waals surface area contributed by atoms with E-state index in [1.54, 1.807) is 36.3 Å². The fourth-order valence-corrected chi connectivity index (χ4v) is 1.78. The van der Waals surface area contributed by atoms with E-state index in [0.717, 1.165) is 5.56 Å². The molecule has 0 amide bonds. The molecule has 0 aliphatic rings. The predicted molar refractivity (Wildman–Crippen MR) is 70.3 cm³/mol. The number of benzene rings is 1. The molecule has 0 bridgehead atoms. The molecule has 1 heterocycles. The second kappa shape index (κ2) is 5.75. The van der Waals surface area contributed by atoms with Gasteiger partial charge >= 0.3 is 5.97 Å². The van der Waals surface area contributed by atoms with Gasteiger partial charge < -0.3 is 9.47 Å². The fourth-order valence-electron chi connectivity index (χ4n) is 1.61. The summed E-state index contributed by atoms with van der Waals surface area (Å²) in [6, 6.07) is 4.80. The van der Waals surface area contributed by atoms with Crippen molar-refractivity contribution in [2.45, 2.75) is 6.61 Å². The van der Waals surface area contributed by atoms with E-state index >= 15 is 0 Å². The lowest BCUT2D eigenvalue weighted by Gasteiger charge is -2.08. The molecule has 2 rings (SSSR count). The number of aryl methyl sites for hydroxylation is 1. The zero-order valence-corrected chi connectivity index (χ0v) is 11.3. The van der Waals surface area contributed by atoms with Crippen LogP contribution in [-0.4, -0.2) is 22.9 Å². The molecule has 19 heavy (non-hydrogen) atoms. The number of rotatable bonds is 4. The monoisotopic (exact) mass is 280 g/mol. The highest BCUT2D eigenvalue weighted by molar-refractivity contribution is 6.31. The summed E-state index contributed by atoms with van der Waals surface area (Å²) in [5.74, 6) is -0.0520. The minimum absolute atomic E-state index is 0.155. The van der Waals surface area contributed by atoms with Crippen LogP contribution in [0.3, 0.4) is 0 Å². The zero-order valence-electron chi connectivity index (χ0n) is 10.6. The van der Waals surface area contributed by atoms with E-state index in [9.17, 15) is 4.79 Å². The number of hydrogen-bond donors (Lipinski definition) is 0. The molecule has 1 aromatic carbocycles. The number of esters is 1. The first-order valence-electron chi connectivity index (χ1n) is 5.58. The third kappa shape index (κ3) is 3.26. The number of carbonyl (C=O) groups excluding carboxylic acids is 1. The number of carbonyl (C=O) groups is 1. The number of halogens is 1. The second-order valence-corrected chi connectivity index (χ2v) is 4.38.